The predicted octanol–water partition coefficient (Wildman–Crippen LogP) is 4.15. The SMILES string of the molecule is O=C(CCc1ccc(C(F)(F)F)cc1)Oc1ccc([N+](=O)[O-])cc1. The van der Waals surface area contributed by atoms with Gasteiger partial charge in [-0.25, -0.2) is 0 Å². The first kappa shape index (κ1) is 17.5. The second-order valence-electron chi connectivity index (χ2n) is 4.92. The van der Waals surface area contributed by atoms with Gasteiger partial charge in [0.25, 0.3) is 5.69 Å². The van der Waals surface area contributed by atoms with E-state index in [1.54, 1.807) is 0 Å². The van der Waals surface area contributed by atoms with Crippen LogP contribution < -0.4 is 4.74 Å². The zero-order valence-corrected chi connectivity index (χ0v) is 12.2. The number of benzene rings is 2. The average Bonchev–Trinajstić information content (AvgIpc) is 2.53. The summed E-state index contributed by atoms with van der Waals surface area (Å²) < 4.78 is 42.3. The second-order valence-corrected chi connectivity index (χ2v) is 4.92. The number of carbonyl (C=O) groups is 1. The number of ether oxygens (including phenoxy) is 1. The van der Waals surface area contributed by atoms with Gasteiger partial charge in [-0.3, -0.25) is 14.9 Å². The van der Waals surface area contributed by atoms with Gasteiger partial charge in [0.05, 0.1) is 10.5 Å². The summed E-state index contributed by atoms with van der Waals surface area (Å²) in [6, 6.07) is 9.54. The molecular weight excluding hydrogens is 327 g/mol. The van der Waals surface area contributed by atoms with Crippen LogP contribution >= 0.6 is 0 Å². The number of nitro groups is 1. The summed E-state index contributed by atoms with van der Waals surface area (Å²) in [4.78, 5) is 21.6. The van der Waals surface area contributed by atoms with Crippen molar-refractivity contribution in [1.82, 2.24) is 0 Å². The monoisotopic (exact) mass is 339 g/mol. The Morgan fingerprint density at radius 2 is 1.62 bits per heavy atom. The molecule has 0 atom stereocenters. The van der Waals surface area contributed by atoms with Crippen LogP contribution in [0.15, 0.2) is 48.5 Å². The lowest BCUT2D eigenvalue weighted by Gasteiger charge is -2.07. The van der Waals surface area contributed by atoms with Gasteiger partial charge in [-0.2, -0.15) is 13.2 Å². The summed E-state index contributed by atoms with van der Waals surface area (Å²) >= 11 is 0. The van der Waals surface area contributed by atoms with Gasteiger partial charge in [0.15, 0.2) is 0 Å². The molecule has 0 bridgehead atoms. The maximum absolute atomic E-state index is 12.4. The third-order valence-electron chi connectivity index (χ3n) is 3.18. The summed E-state index contributed by atoms with van der Waals surface area (Å²) in [5.41, 5.74) is -0.303. The normalized spacial score (nSPS) is 11.1. The summed E-state index contributed by atoms with van der Waals surface area (Å²) in [6.07, 6.45) is -4.19. The number of halogens is 3. The maximum Gasteiger partial charge on any atom is 0.416 e. The van der Waals surface area contributed by atoms with Crippen LogP contribution in [0, 0.1) is 10.1 Å². The van der Waals surface area contributed by atoms with Gasteiger partial charge < -0.3 is 4.74 Å². The zero-order valence-electron chi connectivity index (χ0n) is 12.2. The number of hydrogen-bond acceptors (Lipinski definition) is 4. The lowest BCUT2D eigenvalue weighted by atomic mass is 10.1. The number of carbonyl (C=O) groups excluding carboxylic acids is 1. The van der Waals surface area contributed by atoms with Crippen molar-refractivity contribution < 1.29 is 27.6 Å². The van der Waals surface area contributed by atoms with Crippen LogP contribution in [-0.4, -0.2) is 10.9 Å². The van der Waals surface area contributed by atoms with Gasteiger partial charge in [-0.15, -0.1) is 0 Å². The van der Waals surface area contributed by atoms with E-state index in [-0.39, 0.29) is 24.3 Å². The molecule has 126 valence electrons. The number of aryl methyl sites for hydroxylation is 1. The fourth-order valence-corrected chi connectivity index (χ4v) is 1.93. The molecule has 8 heteroatoms. The Balaban J connectivity index is 1.87. The van der Waals surface area contributed by atoms with Gasteiger partial charge in [-0.05, 0) is 36.2 Å². The van der Waals surface area contributed by atoms with E-state index < -0.39 is 22.6 Å². The minimum absolute atomic E-state index is 0.0254. The molecule has 0 aliphatic carbocycles. The lowest BCUT2D eigenvalue weighted by Crippen LogP contribution is -2.09. The third kappa shape index (κ3) is 4.80. The number of nitrogens with zero attached hydrogens (tertiary/aromatic N) is 1. The number of alkyl halides is 3. The molecule has 0 aliphatic heterocycles. The summed E-state index contributed by atoms with van der Waals surface area (Å²) in [7, 11) is 0. The highest BCUT2D eigenvalue weighted by Gasteiger charge is 2.29. The highest BCUT2D eigenvalue weighted by atomic mass is 19.4. The number of nitro benzene ring substituents is 1. The molecule has 5 nitrogen and oxygen atoms in total. The fraction of sp³-hybridized carbons (Fsp3) is 0.188. The number of hydrogen-bond donors (Lipinski definition) is 0. The van der Waals surface area contributed by atoms with Crippen molar-refractivity contribution in [2.45, 2.75) is 19.0 Å². The van der Waals surface area contributed by atoms with Crippen LogP contribution in [0.25, 0.3) is 0 Å². The van der Waals surface area contributed by atoms with E-state index in [4.69, 9.17) is 4.74 Å². The minimum atomic E-state index is -4.40. The van der Waals surface area contributed by atoms with Gasteiger partial charge >= 0.3 is 12.1 Å². The van der Waals surface area contributed by atoms with Crippen molar-refractivity contribution >= 4 is 11.7 Å². The average molecular weight is 339 g/mol. The van der Waals surface area contributed by atoms with Crippen molar-refractivity contribution in [2.75, 3.05) is 0 Å². The molecule has 0 amide bonds. The summed E-state index contributed by atoms with van der Waals surface area (Å²) in [5.74, 6) is -0.415. The Morgan fingerprint density at radius 3 is 2.12 bits per heavy atom. The molecule has 0 aromatic heterocycles. The number of esters is 1. The number of rotatable bonds is 5. The highest BCUT2D eigenvalue weighted by Crippen LogP contribution is 2.29. The molecule has 0 radical (unpaired) electrons. The van der Waals surface area contributed by atoms with Crippen molar-refractivity contribution in [3.63, 3.8) is 0 Å². The summed E-state index contributed by atoms with van der Waals surface area (Å²) in [5, 5.41) is 10.5. The van der Waals surface area contributed by atoms with Gasteiger partial charge in [-0.1, -0.05) is 12.1 Å². The first-order valence-corrected chi connectivity index (χ1v) is 6.87. The van der Waals surface area contributed by atoms with Crippen molar-refractivity contribution in [1.29, 1.82) is 0 Å². The third-order valence-corrected chi connectivity index (χ3v) is 3.18. The summed E-state index contributed by atoms with van der Waals surface area (Å²) in [6.45, 7) is 0. The maximum atomic E-state index is 12.4. The molecule has 0 aliphatic rings. The molecule has 2 rings (SSSR count). The first-order valence-electron chi connectivity index (χ1n) is 6.87. The van der Waals surface area contributed by atoms with E-state index in [0.717, 1.165) is 12.1 Å². The molecule has 0 fully saturated rings. The molecule has 0 saturated heterocycles. The molecule has 2 aromatic rings. The smallest absolute Gasteiger partial charge is 0.416 e. The molecule has 0 saturated carbocycles. The van der Waals surface area contributed by atoms with Crippen LogP contribution in [0.5, 0.6) is 5.75 Å². The van der Waals surface area contributed by atoms with Crippen LogP contribution in [0.3, 0.4) is 0 Å². The number of non-ortho nitro benzene ring substituents is 1. The molecule has 0 spiro atoms. The van der Waals surface area contributed by atoms with Crippen molar-refractivity contribution in [2.24, 2.45) is 0 Å². The van der Waals surface area contributed by atoms with E-state index in [1.165, 1.54) is 36.4 Å². The molecule has 24 heavy (non-hydrogen) atoms. The van der Waals surface area contributed by atoms with Crippen LogP contribution in [0.2, 0.25) is 0 Å². The van der Waals surface area contributed by atoms with E-state index in [0.29, 0.717) is 5.56 Å². The van der Waals surface area contributed by atoms with E-state index >= 15 is 0 Å². The van der Waals surface area contributed by atoms with Crippen LogP contribution in [0.4, 0.5) is 18.9 Å². The van der Waals surface area contributed by atoms with Crippen molar-refractivity contribution in [3.8, 4) is 5.75 Å². The standard InChI is InChI=1S/C16H12F3NO4/c17-16(18,19)12-4-1-11(2-5-12)3-10-15(21)24-14-8-6-13(7-9-14)20(22)23/h1-2,4-9H,3,10H2. The largest absolute Gasteiger partial charge is 0.427 e. The molecule has 0 heterocycles. The highest BCUT2D eigenvalue weighted by molar-refractivity contribution is 5.72. The second kappa shape index (κ2) is 7.12. The van der Waals surface area contributed by atoms with Crippen molar-refractivity contribution in [3.05, 3.63) is 69.8 Å². The van der Waals surface area contributed by atoms with E-state index in [2.05, 4.69) is 0 Å². The molecule has 0 N–H and O–H groups in total. The van der Waals surface area contributed by atoms with E-state index in [1.807, 2.05) is 0 Å². The Bertz CT molecular complexity index is 724. The predicted molar refractivity (Wildman–Crippen MR) is 78.5 cm³/mol. The zero-order chi connectivity index (χ0) is 17.7. The van der Waals surface area contributed by atoms with Gasteiger partial charge in [0.2, 0.25) is 0 Å². The van der Waals surface area contributed by atoms with Gasteiger partial charge in [0, 0.05) is 18.6 Å². The van der Waals surface area contributed by atoms with Gasteiger partial charge in [0.1, 0.15) is 5.75 Å². The Kier molecular flexibility index (Phi) is 5.18. The Labute approximate surface area is 134 Å². The quantitative estimate of drug-likeness (QED) is 0.355. The first-order chi connectivity index (χ1) is 11.3. The molecule has 2 aromatic carbocycles. The minimum Gasteiger partial charge on any atom is -0.427 e. The van der Waals surface area contributed by atoms with Crippen LogP contribution in [-0.2, 0) is 17.4 Å². The van der Waals surface area contributed by atoms with Crippen LogP contribution in [0.1, 0.15) is 17.5 Å². The Morgan fingerprint density at radius 1 is 1.04 bits per heavy atom. The fourth-order valence-electron chi connectivity index (χ4n) is 1.93. The molecule has 0 unspecified atom stereocenters. The topological polar surface area (TPSA) is 69.4 Å². The molecular formula is C16H12F3NO4. The lowest BCUT2D eigenvalue weighted by molar-refractivity contribution is -0.384. The Hall–Kier alpha value is -2.90. The van der Waals surface area contributed by atoms with E-state index in [9.17, 15) is 28.1 Å².